The Kier molecular flexibility index (Phi) is 6.26. The Labute approximate surface area is 181 Å². The number of halogens is 2. The third kappa shape index (κ3) is 4.61. The summed E-state index contributed by atoms with van der Waals surface area (Å²) in [6.45, 7) is 1.91. The van der Waals surface area contributed by atoms with Crippen LogP contribution in [0.1, 0.15) is 15.9 Å². The SMILES string of the molecule is Cc1ccc(N2C(=O)[C@@H](/C=N/NC(=O)c3ccc(Cl)c(Cl)c3)C(=O)NC2=S)cc1. The molecule has 2 N–H and O–H groups in total. The van der Waals surface area contributed by atoms with Gasteiger partial charge in [0.2, 0.25) is 5.91 Å². The quantitative estimate of drug-likeness (QED) is 0.325. The monoisotopic (exact) mass is 448 g/mol. The summed E-state index contributed by atoms with van der Waals surface area (Å²) in [6.07, 6.45) is 1.05. The van der Waals surface area contributed by atoms with Gasteiger partial charge in [0.15, 0.2) is 11.0 Å². The van der Waals surface area contributed by atoms with E-state index >= 15 is 0 Å². The lowest BCUT2D eigenvalue weighted by molar-refractivity contribution is -0.130. The van der Waals surface area contributed by atoms with Crippen molar-refractivity contribution in [3.05, 3.63) is 63.6 Å². The molecule has 1 saturated heterocycles. The topological polar surface area (TPSA) is 90.9 Å². The van der Waals surface area contributed by atoms with E-state index in [4.69, 9.17) is 35.4 Å². The average Bonchev–Trinajstić information content (AvgIpc) is 2.67. The molecule has 29 heavy (non-hydrogen) atoms. The molecule has 1 atom stereocenters. The number of nitrogens with zero attached hydrogens (tertiary/aromatic N) is 2. The van der Waals surface area contributed by atoms with E-state index in [0.717, 1.165) is 11.8 Å². The van der Waals surface area contributed by atoms with Crippen molar-refractivity contribution in [2.75, 3.05) is 4.90 Å². The number of hydrogen-bond acceptors (Lipinski definition) is 5. The number of anilines is 1. The van der Waals surface area contributed by atoms with Gasteiger partial charge in [-0.15, -0.1) is 0 Å². The fourth-order valence-corrected chi connectivity index (χ4v) is 3.13. The fraction of sp³-hybridized carbons (Fsp3) is 0.105. The van der Waals surface area contributed by atoms with Gasteiger partial charge >= 0.3 is 0 Å². The number of rotatable bonds is 4. The minimum atomic E-state index is -1.25. The molecule has 3 amide bonds. The Morgan fingerprint density at radius 3 is 2.52 bits per heavy atom. The van der Waals surface area contributed by atoms with Crippen molar-refractivity contribution in [3.8, 4) is 0 Å². The van der Waals surface area contributed by atoms with Gasteiger partial charge < -0.3 is 5.32 Å². The molecule has 2 aromatic rings. The summed E-state index contributed by atoms with van der Waals surface area (Å²) in [7, 11) is 0. The van der Waals surface area contributed by atoms with E-state index in [9.17, 15) is 14.4 Å². The molecular weight excluding hydrogens is 435 g/mol. The zero-order valence-corrected chi connectivity index (χ0v) is 17.3. The number of hydrazone groups is 1. The first-order chi connectivity index (χ1) is 13.8. The predicted octanol–water partition coefficient (Wildman–Crippen LogP) is 3.08. The van der Waals surface area contributed by atoms with Gasteiger partial charge in [0.05, 0.1) is 15.7 Å². The van der Waals surface area contributed by atoms with Crippen LogP contribution in [0.15, 0.2) is 47.6 Å². The van der Waals surface area contributed by atoms with Crippen molar-refractivity contribution in [1.82, 2.24) is 10.7 Å². The van der Waals surface area contributed by atoms with Crippen molar-refractivity contribution < 1.29 is 14.4 Å². The zero-order valence-electron chi connectivity index (χ0n) is 15.0. The van der Waals surface area contributed by atoms with Crippen LogP contribution in [0.25, 0.3) is 0 Å². The molecule has 0 aliphatic carbocycles. The van der Waals surface area contributed by atoms with Crippen molar-refractivity contribution >= 4 is 70.2 Å². The number of hydrogen-bond donors (Lipinski definition) is 2. The Hall–Kier alpha value is -2.81. The Bertz CT molecular complexity index is 1040. The maximum Gasteiger partial charge on any atom is 0.271 e. The molecular formula is C19H14Cl2N4O3S. The average molecular weight is 449 g/mol. The molecule has 0 unspecified atom stereocenters. The van der Waals surface area contributed by atoms with Gasteiger partial charge in [0.25, 0.3) is 11.8 Å². The van der Waals surface area contributed by atoms with Gasteiger partial charge in [-0.25, -0.2) is 5.43 Å². The van der Waals surface area contributed by atoms with Crippen molar-refractivity contribution in [1.29, 1.82) is 0 Å². The molecule has 1 aliphatic heterocycles. The fourth-order valence-electron chi connectivity index (χ4n) is 2.53. The van der Waals surface area contributed by atoms with Crippen LogP contribution in [0.4, 0.5) is 5.69 Å². The van der Waals surface area contributed by atoms with Crippen LogP contribution in [0.2, 0.25) is 10.0 Å². The smallest absolute Gasteiger partial charge is 0.271 e. The Balaban J connectivity index is 1.74. The minimum absolute atomic E-state index is 0.0201. The summed E-state index contributed by atoms with van der Waals surface area (Å²) in [6, 6.07) is 11.4. The molecule has 148 valence electrons. The number of carbonyl (C=O) groups is 3. The summed E-state index contributed by atoms with van der Waals surface area (Å²) in [5.74, 6) is -3.03. The summed E-state index contributed by atoms with van der Waals surface area (Å²) >= 11 is 16.8. The Morgan fingerprint density at radius 2 is 1.86 bits per heavy atom. The third-order valence-electron chi connectivity index (χ3n) is 4.07. The highest BCUT2D eigenvalue weighted by atomic mass is 35.5. The largest absolute Gasteiger partial charge is 0.301 e. The minimum Gasteiger partial charge on any atom is -0.301 e. The number of nitrogens with one attached hydrogen (secondary N) is 2. The van der Waals surface area contributed by atoms with E-state index < -0.39 is 23.6 Å². The molecule has 1 aliphatic rings. The standard InChI is InChI=1S/C19H14Cl2N4O3S/c1-10-2-5-12(6-3-10)25-18(28)13(17(27)23-19(25)29)9-22-24-16(26)11-4-7-14(20)15(21)8-11/h2-9,13H,1H3,(H,24,26)(H,23,27,29)/b22-9+/t13-/m0/s1. The van der Waals surface area contributed by atoms with E-state index in [0.29, 0.717) is 10.7 Å². The lowest BCUT2D eigenvalue weighted by atomic mass is 10.1. The van der Waals surface area contributed by atoms with Crippen LogP contribution in [-0.2, 0) is 9.59 Å². The van der Waals surface area contributed by atoms with Crippen LogP contribution in [0.3, 0.4) is 0 Å². The van der Waals surface area contributed by atoms with E-state index in [-0.39, 0.29) is 15.7 Å². The van der Waals surface area contributed by atoms with Gasteiger partial charge in [-0.3, -0.25) is 19.3 Å². The van der Waals surface area contributed by atoms with Gasteiger partial charge in [-0.1, -0.05) is 40.9 Å². The van der Waals surface area contributed by atoms with Crippen molar-refractivity contribution in [2.45, 2.75) is 6.92 Å². The molecule has 0 bridgehead atoms. The molecule has 7 nitrogen and oxygen atoms in total. The number of carbonyl (C=O) groups excluding carboxylic acids is 3. The molecule has 0 saturated carbocycles. The number of benzene rings is 2. The maximum absolute atomic E-state index is 12.8. The molecule has 1 fully saturated rings. The molecule has 0 radical (unpaired) electrons. The second kappa shape index (κ2) is 8.69. The molecule has 2 aromatic carbocycles. The van der Waals surface area contributed by atoms with Crippen LogP contribution >= 0.6 is 35.4 Å². The van der Waals surface area contributed by atoms with Crippen molar-refractivity contribution in [3.63, 3.8) is 0 Å². The number of thiocarbonyl (C=S) groups is 1. The molecule has 3 rings (SSSR count). The summed E-state index contributed by atoms with van der Waals surface area (Å²) in [5, 5.41) is 6.71. The molecule has 0 spiro atoms. The highest BCUT2D eigenvalue weighted by molar-refractivity contribution is 7.80. The first kappa shape index (κ1) is 20.9. The maximum atomic E-state index is 12.8. The third-order valence-corrected chi connectivity index (χ3v) is 5.09. The van der Waals surface area contributed by atoms with Gasteiger partial charge in [-0.2, -0.15) is 5.10 Å². The van der Waals surface area contributed by atoms with Crippen LogP contribution < -0.4 is 15.6 Å². The second-order valence-electron chi connectivity index (χ2n) is 6.13. The zero-order chi connectivity index (χ0) is 21.1. The number of amides is 3. The van der Waals surface area contributed by atoms with Gasteiger partial charge in [0, 0.05) is 11.8 Å². The summed E-state index contributed by atoms with van der Waals surface area (Å²) in [4.78, 5) is 38.3. The van der Waals surface area contributed by atoms with E-state index in [1.54, 1.807) is 12.1 Å². The summed E-state index contributed by atoms with van der Waals surface area (Å²) < 4.78 is 0. The van der Waals surface area contributed by atoms with Crippen LogP contribution in [-0.4, -0.2) is 29.0 Å². The number of aryl methyl sites for hydroxylation is 1. The van der Waals surface area contributed by atoms with Crippen molar-refractivity contribution in [2.24, 2.45) is 11.0 Å². The second-order valence-corrected chi connectivity index (χ2v) is 7.33. The van der Waals surface area contributed by atoms with Crippen LogP contribution in [0, 0.1) is 12.8 Å². The highest BCUT2D eigenvalue weighted by Gasteiger charge is 2.38. The highest BCUT2D eigenvalue weighted by Crippen LogP contribution is 2.23. The normalized spacial score (nSPS) is 16.9. The first-order valence-corrected chi connectivity index (χ1v) is 9.48. The van der Waals surface area contributed by atoms with Gasteiger partial charge in [-0.05, 0) is 49.5 Å². The van der Waals surface area contributed by atoms with E-state index in [1.807, 2.05) is 19.1 Å². The lowest BCUT2D eigenvalue weighted by Crippen LogP contribution is -2.58. The van der Waals surface area contributed by atoms with Gasteiger partial charge in [0.1, 0.15) is 0 Å². The molecule has 1 heterocycles. The molecule has 0 aromatic heterocycles. The van der Waals surface area contributed by atoms with E-state index in [1.165, 1.54) is 23.1 Å². The van der Waals surface area contributed by atoms with Crippen LogP contribution in [0.5, 0.6) is 0 Å². The Morgan fingerprint density at radius 1 is 1.17 bits per heavy atom. The summed E-state index contributed by atoms with van der Waals surface area (Å²) in [5.41, 5.74) is 4.00. The molecule has 10 heteroatoms. The lowest BCUT2D eigenvalue weighted by Gasteiger charge is -2.30. The van der Waals surface area contributed by atoms with E-state index in [2.05, 4.69) is 15.8 Å². The first-order valence-electron chi connectivity index (χ1n) is 8.32. The predicted molar refractivity (Wildman–Crippen MR) is 115 cm³/mol.